The quantitative estimate of drug-likeness (QED) is 0.478. The molecule has 0 bridgehead atoms. The average Bonchev–Trinajstić information content (AvgIpc) is 2.97. The summed E-state index contributed by atoms with van der Waals surface area (Å²) in [5.41, 5.74) is 1.67. The van der Waals surface area contributed by atoms with E-state index in [1.165, 1.54) is 10.1 Å². The van der Waals surface area contributed by atoms with Crippen LogP contribution in [0.15, 0.2) is 60.0 Å². The molecule has 22 heavy (non-hydrogen) atoms. The number of thiophene rings is 1. The Kier molecular flexibility index (Phi) is 4.35. The first-order valence-corrected chi connectivity index (χ1v) is 8.08. The van der Waals surface area contributed by atoms with Crippen LogP contribution in [0.5, 0.6) is 5.75 Å². The van der Waals surface area contributed by atoms with Crippen molar-refractivity contribution in [1.82, 2.24) is 0 Å². The molecule has 0 radical (unpaired) electrons. The number of benzene rings is 2. The molecule has 0 aliphatic rings. The van der Waals surface area contributed by atoms with E-state index in [0.717, 1.165) is 5.56 Å². The lowest BCUT2D eigenvalue weighted by Gasteiger charge is -2.06. The van der Waals surface area contributed by atoms with E-state index in [0.29, 0.717) is 17.9 Å². The van der Waals surface area contributed by atoms with Crippen LogP contribution in [0.25, 0.3) is 16.2 Å². The summed E-state index contributed by atoms with van der Waals surface area (Å²) in [6, 6.07) is 15.5. The Hall–Kier alpha value is -2.39. The molecule has 0 atom stereocenters. The first-order chi connectivity index (χ1) is 10.8. The minimum Gasteiger partial charge on any atom is -0.493 e. The molecule has 0 aliphatic heterocycles. The number of fused-ring (bicyclic) bond motifs is 1. The minimum absolute atomic E-state index is 0.0423. The number of carbonyl (C=O) groups is 1. The lowest BCUT2D eigenvalue weighted by molar-refractivity contribution is 0.104. The Morgan fingerprint density at radius 3 is 2.77 bits per heavy atom. The number of carbonyl (C=O) groups excluding carboxylic acids is 1. The summed E-state index contributed by atoms with van der Waals surface area (Å²) < 4.78 is 6.74. The number of para-hydroxylation sites is 1. The maximum absolute atomic E-state index is 12.4. The standard InChI is InChI=1S/C19H16O2S/c1-2-21-18-9-5-3-8-16(18)17(20)12-11-14-13-22-19-10-6-4-7-15(14)19/h3-13H,2H2,1H3/b12-11+. The first-order valence-electron chi connectivity index (χ1n) is 7.20. The SMILES string of the molecule is CCOc1ccccc1C(=O)/C=C/c1csc2ccccc12. The molecule has 110 valence electrons. The third-order valence-corrected chi connectivity index (χ3v) is 4.36. The third-order valence-electron chi connectivity index (χ3n) is 3.38. The maximum Gasteiger partial charge on any atom is 0.189 e. The summed E-state index contributed by atoms with van der Waals surface area (Å²) in [5, 5.41) is 3.25. The van der Waals surface area contributed by atoms with Crippen LogP contribution in [0, 0.1) is 0 Å². The van der Waals surface area contributed by atoms with Gasteiger partial charge in [-0.2, -0.15) is 0 Å². The number of ketones is 1. The van der Waals surface area contributed by atoms with Crippen LogP contribution in [0.4, 0.5) is 0 Å². The summed E-state index contributed by atoms with van der Waals surface area (Å²) in [4.78, 5) is 12.4. The zero-order chi connectivity index (χ0) is 15.4. The molecule has 0 saturated carbocycles. The second-order valence-electron chi connectivity index (χ2n) is 4.81. The highest BCUT2D eigenvalue weighted by Crippen LogP contribution is 2.27. The van der Waals surface area contributed by atoms with Crippen molar-refractivity contribution in [1.29, 1.82) is 0 Å². The van der Waals surface area contributed by atoms with Crippen molar-refractivity contribution < 1.29 is 9.53 Å². The molecule has 0 amide bonds. The van der Waals surface area contributed by atoms with Gasteiger partial charge in [-0.25, -0.2) is 0 Å². The molecule has 1 aromatic heterocycles. The topological polar surface area (TPSA) is 26.3 Å². The van der Waals surface area contributed by atoms with Gasteiger partial charge in [-0.3, -0.25) is 4.79 Å². The molecule has 0 N–H and O–H groups in total. The lowest BCUT2D eigenvalue weighted by Crippen LogP contribution is -2.01. The van der Waals surface area contributed by atoms with Crippen LogP contribution in [0.1, 0.15) is 22.8 Å². The monoisotopic (exact) mass is 308 g/mol. The number of allylic oxidation sites excluding steroid dienone is 1. The highest BCUT2D eigenvalue weighted by Gasteiger charge is 2.09. The van der Waals surface area contributed by atoms with E-state index in [9.17, 15) is 4.79 Å². The van der Waals surface area contributed by atoms with E-state index in [-0.39, 0.29) is 5.78 Å². The van der Waals surface area contributed by atoms with Crippen molar-refractivity contribution in [2.75, 3.05) is 6.61 Å². The van der Waals surface area contributed by atoms with Gasteiger partial charge in [0.1, 0.15) is 5.75 Å². The molecule has 3 rings (SSSR count). The maximum atomic E-state index is 12.4. The van der Waals surface area contributed by atoms with E-state index in [4.69, 9.17) is 4.74 Å². The summed E-state index contributed by atoms with van der Waals surface area (Å²) in [5.74, 6) is 0.592. The van der Waals surface area contributed by atoms with Gasteiger partial charge in [-0.05, 0) is 53.6 Å². The number of rotatable bonds is 5. The molecule has 3 aromatic rings. The fourth-order valence-electron chi connectivity index (χ4n) is 2.33. The summed E-state index contributed by atoms with van der Waals surface area (Å²) in [6.45, 7) is 2.46. The molecule has 0 unspecified atom stereocenters. The normalized spacial score (nSPS) is 11.1. The Bertz CT molecular complexity index is 830. The zero-order valence-electron chi connectivity index (χ0n) is 12.3. The van der Waals surface area contributed by atoms with Gasteiger partial charge in [0, 0.05) is 4.70 Å². The van der Waals surface area contributed by atoms with Crippen molar-refractivity contribution in [2.45, 2.75) is 6.92 Å². The highest BCUT2D eigenvalue weighted by atomic mass is 32.1. The van der Waals surface area contributed by atoms with Crippen molar-refractivity contribution in [3.63, 3.8) is 0 Å². The average molecular weight is 308 g/mol. The molecule has 3 heteroatoms. The van der Waals surface area contributed by atoms with Crippen molar-refractivity contribution in [2.24, 2.45) is 0 Å². The van der Waals surface area contributed by atoms with Gasteiger partial charge in [-0.15, -0.1) is 11.3 Å². The number of hydrogen-bond donors (Lipinski definition) is 0. The second kappa shape index (κ2) is 6.58. The van der Waals surface area contributed by atoms with Crippen LogP contribution < -0.4 is 4.74 Å². The molecule has 0 spiro atoms. The van der Waals surface area contributed by atoms with Crippen LogP contribution >= 0.6 is 11.3 Å². The van der Waals surface area contributed by atoms with Crippen molar-refractivity contribution in [3.8, 4) is 5.75 Å². The predicted octanol–water partition coefficient (Wildman–Crippen LogP) is 5.20. The third kappa shape index (κ3) is 2.95. The second-order valence-corrected chi connectivity index (χ2v) is 5.73. The van der Waals surface area contributed by atoms with Crippen LogP contribution in [-0.4, -0.2) is 12.4 Å². The molecular weight excluding hydrogens is 292 g/mol. The fraction of sp³-hybridized carbons (Fsp3) is 0.105. The molecule has 2 nitrogen and oxygen atoms in total. The summed E-state index contributed by atoms with van der Waals surface area (Å²) >= 11 is 1.69. The van der Waals surface area contributed by atoms with Crippen LogP contribution in [0.3, 0.4) is 0 Å². The lowest BCUT2D eigenvalue weighted by atomic mass is 10.1. The Morgan fingerprint density at radius 1 is 1.14 bits per heavy atom. The first kappa shape index (κ1) is 14.5. The van der Waals surface area contributed by atoms with Gasteiger partial charge in [-0.1, -0.05) is 30.3 Å². The van der Waals surface area contributed by atoms with Gasteiger partial charge in [0.15, 0.2) is 5.78 Å². The van der Waals surface area contributed by atoms with Gasteiger partial charge >= 0.3 is 0 Å². The fourth-order valence-corrected chi connectivity index (χ4v) is 3.26. The van der Waals surface area contributed by atoms with E-state index in [2.05, 4.69) is 17.5 Å². The van der Waals surface area contributed by atoms with Gasteiger partial charge in [0.25, 0.3) is 0 Å². The summed E-state index contributed by atoms with van der Waals surface area (Å²) in [6.07, 6.45) is 3.50. The van der Waals surface area contributed by atoms with E-state index in [1.807, 2.05) is 43.3 Å². The van der Waals surface area contributed by atoms with Crippen molar-refractivity contribution >= 4 is 33.3 Å². The largest absolute Gasteiger partial charge is 0.493 e. The van der Waals surface area contributed by atoms with E-state index >= 15 is 0 Å². The highest BCUT2D eigenvalue weighted by molar-refractivity contribution is 7.17. The Balaban J connectivity index is 1.88. The molecule has 0 fully saturated rings. The zero-order valence-corrected chi connectivity index (χ0v) is 13.1. The van der Waals surface area contributed by atoms with Crippen LogP contribution in [-0.2, 0) is 0 Å². The van der Waals surface area contributed by atoms with E-state index in [1.54, 1.807) is 23.5 Å². The summed E-state index contributed by atoms with van der Waals surface area (Å²) in [7, 11) is 0. The molecule has 0 aliphatic carbocycles. The van der Waals surface area contributed by atoms with Gasteiger partial charge < -0.3 is 4.74 Å². The minimum atomic E-state index is -0.0423. The smallest absolute Gasteiger partial charge is 0.189 e. The van der Waals surface area contributed by atoms with Crippen LogP contribution in [0.2, 0.25) is 0 Å². The number of hydrogen-bond acceptors (Lipinski definition) is 3. The molecule has 0 saturated heterocycles. The number of ether oxygens (including phenoxy) is 1. The predicted molar refractivity (Wildman–Crippen MR) is 92.8 cm³/mol. The molecule has 2 aromatic carbocycles. The molecular formula is C19H16O2S. The van der Waals surface area contributed by atoms with E-state index < -0.39 is 0 Å². The van der Waals surface area contributed by atoms with Gasteiger partial charge in [0.05, 0.1) is 12.2 Å². The van der Waals surface area contributed by atoms with Gasteiger partial charge in [0.2, 0.25) is 0 Å². The molecule has 1 heterocycles. The Labute approximate surface area is 133 Å². The Morgan fingerprint density at radius 2 is 1.91 bits per heavy atom. The van der Waals surface area contributed by atoms with Crippen molar-refractivity contribution in [3.05, 3.63) is 71.1 Å².